The second-order valence-corrected chi connectivity index (χ2v) is 6.94. The Bertz CT molecular complexity index is 794. The molecule has 1 heterocycles. The number of aldehydes is 1. The zero-order chi connectivity index (χ0) is 19.2. The van der Waals surface area contributed by atoms with Crippen molar-refractivity contribution in [2.75, 3.05) is 37.7 Å². The van der Waals surface area contributed by atoms with E-state index in [1.807, 2.05) is 61.2 Å². The molecule has 2 aromatic carbocycles. The molecule has 27 heavy (non-hydrogen) atoms. The molecule has 1 fully saturated rings. The van der Waals surface area contributed by atoms with Crippen LogP contribution in [0.5, 0.6) is 5.75 Å². The molecule has 1 aliphatic heterocycles. The number of hydrogen-bond donors (Lipinski definition) is 0. The number of nitrogens with zero attached hydrogens (tertiary/aromatic N) is 2. The monoisotopic (exact) mass is 366 g/mol. The lowest BCUT2D eigenvalue weighted by atomic mass is 10.1. The number of benzene rings is 2. The van der Waals surface area contributed by atoms with E-state index in [4.69, 9.17) is 4.74 Å². The number of rotatable bonds is 6. The van der Waals surface area contributed by atoms with E-state index in [9.17, 15) is 9.59 Å². The predicted molar refractivity (Wildman–Crippen MR) is 107 cm³/mol. The summed E-state index contributed by atoms with van der Waals surface area (Å²) in [5.74, 6) is 0.933. The Hall–Kier alpha value is -2.82. The molecule has 0 bridgehead atoms. The van der Waals surface area contributed by atoms with Gasteiger partial charge in [-0.2, -0.15) is 0 Å². The Morgan fingerprint density at radius 1 is 1.04 bits per heavy atom. The molecular weight excluding hydrogens is 340 g/mol. The van der Waals surface area contributed by atoms with Crippen molar-refractivity contribution < 1.29 is 14.3 Å². The highest BCUT2D eigenvalue weighted by atomic mass is 16.5. The van der Waals surface area contributed by atoms with Gasteiger partial charge in [-0.3, -0.25) is 9.59 Å². The molecule has 0 unspecified atom stereocenters. The lowest BCUT2D eigenvalue weighted by molar-refractivity contribution is -0.132. The van der Waals surface area contributed by atoms with Gasteiger partial charge in [-0.15, -0.1) is 0 Å². The lowest BCUT2D eigenvalue weighted by Crippen LogP contribution is -2.49. The highest BCUT2D eigenvalue weighted by Crippen LogP contribution is 2.22. The summed E-state index contributed by atoms with van der Waals surface area (Å²) < 4.78 is 5.66. The normalized spacial score (nSPS) is 14.1. The van der Waals surface area contributed by atoms with Crippen molar-refractivity contribution in [1.29, 1.82) is 0 Å². The highest BCUT2D eigenvalue weighted by molar-refractivity contribution is 5.78. The van der Waals surface area contributed by atoms with Crippen LogP contribution in [0.2, 0.25) is 0 Å². The van der Waals surface area contributed by atoms with Crippen LogP contribution in [-0.2, 0) is 4.79 Å². The van der Waals surface area contributed by atoms with Gasteiger partial charge in [-0.1, -0.05) is 17.7 Å². The molecule has 1 aliphatic rings. The Morgan fingerprint density at radius 3 is 2.37 bits per heavy atom. The average Bonchev–Trinajstić information content (AvgIpc) is 2.69. The Morgan fingerprint density at radius 2 is 1.74 bits per heavy atom. The summed E-state index contributed by atoms with van der Waals surface area (Å²) in [6.45, 7) is 7.45. The first kappa shape index (κ1) is 19.0. The van der Waals surface area contributed by atoms with Gasteiger partial charge in [0.05, 0.1) is 13.0 Å². The maximum Gasteiger partial charge on any atom is 0.226 e. The number of amides is 1. The number of carbonyl (C=O) groups excluding carboxylic acids is 2. The molecule has 2 aromatic rings. The molecule has 0 saturated carbocycles. The minimum absolute atomic E-state index is 0.134. The fourth-order valence-corrected chi connectivity index (χ4v) is 3.35. The van der Waals surface area contributed by atoms with Crippen molar-refractivity contribution in [1.82, 2.24) is 4.90 Å². The molecule has 1 amide bonds. The SMILES string of the molecule is Cc1ccc(OCCC(=O)N2CCN(c3ccc(C=O)cc3C)CC2)cc1. The third-order valence-corrected chi connectivity index (χ3v) is 4.94. The maximum absolute atomic E-state index is 12.4. The minimum Gasteiger partial charge on any atom is -0.493 e. The van der Waals surface area contributed by atoms with Crippen LogP contribution in [0.15, 0.2) is 42.5 Å². The van der Waals surface area contributed by atoms with Crippen LogP contribution in [0.25, 0.3) is 0 Å². The van der Waals surface area contributed by atoms with E-state index < -0.39 is 0 Å². The predicted octanol–water partition coefficient (Wildman–Crippen LogP) is 3.23. The summed E-state index contributed by atoms with van der Waals surface area (Å²) in [5, 5.41) is 0. The molecule has 0 radical (unpaired) electrons. The van der Waals surface area contributed by atoms with Crippen molar-refractivity contribution in [3.05, 3.63) is 59.2 Å². The second kappa shape index (κ2) is 8.71. The lowest BCUT2D eigenvalue weighted by Gasteiger charge is -2.37. The molecule has 0 spiro atoms. The van der Waals surface area contributed by atoms with Crippen LogP contribution in [0.3, 0.4) is 0 Å². The zero-order valence-electron chi connectivity index (χ0n) is 16.0. The standard InChI is InChI=1S/C22H26N2O3/c1-17-3-6-20(7-4-17)27-14-9-22(26)24-12-10-23(11-13-24)21-8-5-19(16-25)15-18(21)2/h3-8,15-16H,9-14H2,1-2H3. The van der Waals surface area contributed by atoms with Gasteiger partial charge in [0.1, 0.15) is 12.0 Å². The van der Waals surface area contributed by atoms with Gasteiger partial charge in [0.15, 0.2) is 0 Å². The van der Waals surface area contributed by atoms with Crippen LogP contribution in [0, 0.1) is 13.8 Å². The van der Waals surface area contributed by atoms with Gasteiger partial charge >= 0.3 is 0 Å². The van der Waals surface area contributed by atoms with E-state index in [1.54, 1.807) is 0 Å². The van der Waals surface area contributed by atoms with Crippen molar-refractivity contribution in [2.24, 2.45) is 0 Å². The van der Waals surface area contributed by atoms with E-state index >= 15 is 0 Å². The molecule has 0 aromatic heterocycles. The number of hydrogen-bond acceptors (Lipinski definition) is 4. The Balaban J connectivity index is 1.46. The van der Waals surface area contributed by atoms with Crippen molar-refractivity contribution >= 4 is 17.9 Å². The van der Waals surface area contributed by atoms with Crippen LogP contribution in [0.4, 0.5) is 5.69 Å². The molecule has 142 valence electrons. The molecule has 0 N–H and O–H groups in total. The van der Waals surface area contributed by atoms with Crippen LogP contribution < -0.4 is 9.64 Å². The summed E-state index contributed by atoms with van der Waals surface area (Å²) in [5.41, 5.74) is 4.10. The third kappa shape index (κ3) is 4.88. The second-order valence-electron chi connectivity index (χ2n) is 6.94. The molecule has 5 nitrogen and oxygen atoms in total. The van der Waals surface area contributed by atoms with Crippen LogP contribution in [0.1, 0.15) is 27.9 Å². The summed E-state index contributed by atoms with van der Waals surface area (Å²) >= 11 is 0. The molecule has 5 heteroatoms. The van der Waals surface area contributed by atoms with E-state index in [-0.39, 0.29) is 5.91 Å². The van der Waals surface area contributed by atoms with Crippen molar-refractivity contribution in [2.45, 2.75) is 20.3 Å². The van der Waals surface area contributed by atoms with Gasteiger partial charge in [0.25, 0.3) is 0 Å². The highest BCUT2D eigenvalue weighted by Gasteiger charge is 2.22. The summed E-state index contributed by atoms with van der Waals surface area (Å²) in [6.07, 6.45) is 1.26. The van der Waals surface area contributed by atoms with Crippen molar-refractivity contribution in [3.63, 3.8) is 0 Å². The first-order valence-electron chi connectivity index (χ1n) is 9.35. The molecular formula is C22H26N2O3. The van der Waals surface area contributed by atoms with Gasteiger partial charge < -0.3 is 14.5 Å². The minimum atomic E-state index is 0.134. The average molecular weight is 366 g/mol. The van der Waals surface area contributed by atoms with E-state index in [1.165, 1.54) is 5.56 Å². The number of anilines is 1. The first-order valence-corrected chi connectivity index (χ1v) is 9.35. The number of piperazine rings is 1. The molecule has 0 aliphatic carbocycles. The largest absolute Gasteiger partial charge is 0.493 e. The van der Waals surface area contributed by atoms with Gasteiger partial charge in [-0.05, 0) is 49.7 Å². The fraction of sp³-hybridized carbons (Fsp3) is 0.364. The number of ether oxygens (including phenoxy) is 1. The van der Waals surface area contributed by atoms with Crippen LogP contribution in [-0.4, -0.2) is 49.9 Å². The number of carbonyl (C=O) groups is 2. The van der Waals surface area contributed by atoms with Gasteiger partial charge in [0, 0.05) is 37.4 Å². The first-order chi connectivity index (χ1) is 13.1. The summed E-state index contributed by atoms with van der Waals surface area (Å²) in [6, 6.07) is 13.6. The van der Waals surface area contributed by atoms with E-state index in [2.05, 4.69) is 4.90 Å². The quantitative estimate of drug-likeness (QED) is 0.737. The summed E-state index contributed by atoms with van der Waals surface area (Å²) in [7, 11) is 0. The maximum atomic E-state index is 12.4. The van der Waals surface area contributed by atoms with E-state index in [0.29, 0.717) is 31.7 Å². The Labute approximate surface area is 160 Å². The molecule has 3 rings (SSSR count). The molecule has 1 saturated heterocycles. The van der Waals surface area contributed by atoms with Crippen molar-refractivity contribution in [3.8, 4) is 5.75 Å². The zero-order valence-corrected chi connectivity index (χ0v) is 16.0. The van der Waals surface area contributed by atoms with E-state index in [0.717, 1.165) is 36.4 Å². The Kier molecular flexibility index (Phi) is 6.12. The van der Waals surface area contributed by atoms with Gasteiger partial charge in [-0.25, -0.2) is 0 Å². The molecule has 0 atom stereocenters. The summed E-state index contributed by atoms with van der Waals surface area (Å²) in [4.78, 5) is 27.5. The fourth-order valence-electron chi connectivity index (χ4n) is 3.35. The smallest absolute Gasteiger partial charge is 0.226 e. The topological polar surface area (TPSA) is 49.9 Å². The number of aryl methyl sites for hydroxylation is 2. The third-order valence-electron chi connectivity index (χ3n) is 4.94. The van der Waals surface area contributed by atoms with Crippen LogP contribution >= 0.6 is 0 Å². The van der Waals surface area contributed by atoms with Gasteiger partial charge in [0.2, 0.25) is 5.91 Å².